The van der Waals surface area contributed by atoms with Crippen LogP contribution in [0.25, 0.3) is 27.8 Å². The number of hydrogen-bond acceptors (Lipinski definition) is 0. The second-order valence-corrected chi connectivity index (χ2v) is 5.82. The normalized spacial score (nSPS) is 11.9. The van der Waals surface area contributed by atoms with Crippen LogP contribution in [-0.2, 0) is 0 Å². The van der Waals surface area contributed by atoms with E-state index in [1.807, 2.05) is 6.08 Å². The van der Waals surface area contributed by atoms with Gasteiger partial charge in [-0.05, 0) is 23.1 Å². The Morgan fingerprint density at radius 2 is 1.15 bits per heavy atom. The molecular formula is C22H14F4U. The maximum atomic E-state index is 14.4. The van der Waals surface area contributed by atoms with Crippen molar-refractivity contribution < 1.29 is 48.7 Å². The molecule has 0 N–H and O–H groups in total. The molecule has 5 heteroatoms. The summed E-state index contributed by atoms with van der Waals surface area (Å²) in [5, 5.41) is 0. The van der Waals surface area contributed by atoms with E-state index in [0.717, 1.165) is 5.57 Å². The van der Waals surface area contributed by atoms with Crippen molar-refractivity contribution in [2.75, 3.05) is 0 Å². The molecule has 0 atom stereocenters. The molecule has 0 fully saturated rings. The van der Waals surface area contributed by atoms with Crippen molar-refractivity contribution in [2.45, 2.75) is 6.42 Å². The first-order chi connectivity index (χ1) is 12.1. The SMILES string of the molecule is Fc1[c-]ccc(-c2ccc(-c3ccc(C4=CC4)c(F)c3F)cc2)c1F.[CH3-].[U+2]. The van der Waals surface area contributed by atoms with Gasteiger partial charge in [0.05, 0.1) is 5.82 Å². The second kappa shape index (κ2) is 8.46. The third kappa shape index (κ3) is 4.05. The molecule has 1 aliphatic rings. The monoisotopic (exact) mass is 592 g/mol. The maximum Gasteiger partial charge on any atom is 2.00 e. The van der Waals surface area contributed by atoms with E-state index in [1.54, 1.807) is 30.3 Å². The fraction of sp³-hybridized carbons (Fsp3) is 0.0455. The van der Waals surface area contributed by atoms with Crippen molar-refractivity contribution in [3.8, 4) is 22.3 Å². The van der Waals surface area contributed by atoms with Crippen LogP contribution in [0.5, 0.6) is 0 Å². The molecular weight excluding hydrogens is 578 g/mol. The summed E-state index contributed by atoms with van der Waals surface area (Å²) in [6.07, 6.45) is 2.51. The zero-order chi connectivity index (χ0) is 17.6. The zero-order valence-electron chi connectivity index (χ0n) is 14.4. The van der Waals surface area contributed by atoms with E-state index in [2.05, 4.69) is 6.07 Å². The molecule has 0 saturated heterocycles. The fourth-order valence-corrected chi connectivity index (χ4v) is 2.80. The van der Waals surface area contributed by atoms with Gasteiger partial charge >= 0.3 is 31.1 Å². The quantitative estimate of drug-likeness (QED) is 0.237. The molecule has 3 aromatic carbocycles. The van der Waals surface area contributed by atoms with Crippen LogP contribution in [0.15, 0.2) is 54.6 Å². The maximum absolute atomic E-state index is 14.4. The van der Waals surface area contributed by atoms with Crippen molar-refractivity contribution in [1.82, 2.24) is 0 Å². The molecule has 0 amide bonds. The Balaban J connectivity index is 0.00000131. The van der Waals surface area contributed by atoms with E-state index in [-0.39, 0.29) is 55.2 Å². The predicted molar refractivity (Wildman–Crippen MR) is 95.0 cm³/mol. The van der Waals surface area contributed by atoms with Crippen molar-refractivity contribution in [3.63, 3.8) is 0 Å². The number of hydrogen-bond donors (Lipinski definition) is 0. The average molecular weight is 592 g/mol. The minimum Gasteiger partial charge on any atom is -0.358 e. The van der Waals surface area contributed by atoms with Crippen LogP contribution >= 0.6 is 0 Å². The average Bonchev–Trinajstić information content (AvgIpc) is 3.45. The van der Waals surface area contributed by atoms with Crippen LogP contribution in [-0.4, -0.2) is 0 Å². The molecule has 27 heavy (non-hydrogen) atoms. The molecule has 0 saturated carbocycles. The molecule has 3 aromatic rings. The Hall–Kier alpha value is -1.83. The fourth-order valence-electron chi connectivity index (χ4n) is 2.80. The molecule has 0 heterocycles. The molecule has 0 aliphatic heterocycles. The van der Waals surface area contributed by atoms with Gasteiger partial charge in [0.1, 0.15) is 0 Å². The molecule has 0 spiro atoms. The molecule has 0 bridgehead atoms. The Morgan fingerprint density at radius 1 is 0.667 bits per heavy atom. The van der Waals surface area contributed by atoms with Gasteiger partial charge in [-0.25, -0.2) is 13.2 Å². The second-order valence-electron chi connectivity index (χ2n) is 5.82. The van der Waals surface area contributed by atoms with Gasteiger partial charge in [0.25, 0.3) is 0 Å². The predicted octanol–water partition coefficient (Wildman–Crippen LogP) is 6.61. The van der Waals surface area contributed by atoms with Crippen LogP contribution in [0.4, 0.5) is 17.6 Å². The van der Waals surface area contributed by atoms with Gasteiger partial charge < -0.3 is 7.43 Å². The van der Waals surface area contributed by atoms with E-state index in [9.17, 15) is 17.6 Å². The summed E-state index contributed by atoms with van der Waals surface area (Å²) in [6.45, 7) is 0. The van der Waals surface area contributed by atoms with Crippen LogP contribution < -0.4 is 0 Å². The van der Waals surface area contributed by atoms with Gasteiger partial charge in [0.15, 0.2) is 11.6 Å². The van der Waals surface area contributed by atoms with Gasteiger partial charge in [-0.15, -0.1) is 6.07 Å². The van der Waals surface area contributed by atoms with Crippen LogP contribution in [0.3, 0.4) is 0 Å². The minimum atomic E-state index is -1.06. The summed E-state index contributed by atoms with van der Waals surface area (Å²) in [4.78, 5) is 0. The third-order valence-electron chi connectivity index (χ3n) is 4.23. The first-order valence-corrected chi connectivity index (χ1v) is 7.70. The van der Waals surface area contributed by atoms with Crippen molar-refractivity contribution in [2.24, 2.45) is 0 Å². The Labute approximate surface area is 179 Å². The van der Waals surface area contributed by atoms with Crippen LogP contribution in [0.2, 0.25) is 0 Å². The number of halogens is 4. The molecule has 0 nitrogen and oxygen atoms in total. The van der Waals surface area contributed by atoms with Gasteiger partial charge in [-0.1, -0.05) is 48.0 Å². The smallest absolute Gasteiger partial charge is 0.358 e. The first-order valence-electron chi connectivity index (χ1n) is 7.70. The number of benzene rings is 3. The molecule has 134 valence electrons. The van der Waals surface area contributed by atoms with E-state index in [0.29, 0.717) is 17.5 Å². The van der Waals surface area contributed by atoms with E-state index >= 15 is 0 Å². The van der Waals surface area contributed by atoms with E-state index in [4.69, 9.17) is 0 Å². The summed E-state index contributed by atoms with van der Waals surface area (Å²) in [5.74, 6) is -3.82. The standard InChI is InChI=1S/C21H11F4.CH3.U/c22-18-3-1-2-15(19(18)23)12-4-6-13(7-5-12)16-10-11-17(14-8-9-14)21(25)20(16)24;;/h1-2,4-8,10-11H,9H2;1H3;/q2*-1;+2. The molecule has 1 aliphatic carbocycles. The molecule has 0 radical (unpaired) electrons. The van der Waals surface area contributed by atoms with Gasteiger partial charge in [-0.3, -0.25) is 4.39 Å². The largest absolute Gasteiger partial charge is 2.00 e. The van der Waals surface area contributed by atoms with Crippen LogP contribution in [0.1, 0.15) is 12.0 Å². The minimum absolute atomic E-state index is 0. The Bertz CT molecular complexity index is 1010. The zero-order valence-corrected chi connectivity index (χ0v) is 18.6. The number of rotatable bonds is 3. The summed E-state index contributed by atoms with van der Waals surface area (Å²) in [7, 11) is 0. The third-order valence-corrected chi connectivity index (χ3v) is 4.23. The van der Waals surface area contributed by atoms with Crippen molar-refractivity contribution >= 4 is 5.57 Å². The Morgan fingerprint density at radius 3 is 1.70 bits per heavy atom. The molecule has 0 unspecified atom stereocenters. The first kappa shape index (κ1) is 21.5. The molecule has 4 rings (SSSR count). The van der Waals surface area contributed by atoms with E-state index < -0.39 is 23.3 Å². The van der Waals surface area contributed by atoms with Gasteiger partial charge in [0.2, 0.25) is 0 Å². The van der Waals surface area contributed by atoms with Crippen molar-refractivity contribution in [3.05, 3.63) is 96.9 Å². The van der Waals surface area contributed by atoms with Gasteiger partial charge in [0, 0.05) is 16.9 Å². The summed E-state index contributed by atoms with van der Waals surface area (Å²) in [5.41, 5.74) is 2.20. The van der Waals surface area contributed by atoms with E-state index in [1.165, 1.54) is 18.2 Å². The molecule has 0 aromatic heterocycles. The summed E-state index contributed by atoms with van der Waals surface area (Å²) in [6, 6.07) is 14.1. The summed E-state index contributed by atoms with van der Waals surface area (Å²) >= 11 is 0. The summed E-state index contributed by atoms with van der Waals surface area (Å²) < 4.78 is 55.7. The topological polar surface area (TPSA) is 0 Å². The van der Waals surface area contributed by atoms with Crippen LogP contribution in [0, 0.1) is 67.9 Å². The van der Waals surface area contributed by atoms with Gasteiger partial charge in [-0.2, -0.15) is 12.1 Å². The Kier molecular flexibility index (Phi) is 6.73. The number of allylic oxidation sites excluding steroid dienone is 2. The van der Waals surface area contributed by atoms with Crippen molar-refractivity contribution in [1.29, 1.82) is 0 Å².